The fourth-order valence-electron chi connectivity index (χ4n) is 1.61. The van der Waals surface area contributed by atoms with Gasteiger partial charge in [-0.15, -0.1) is 0 Å². The highest BCUT2D eigenvalue weighted by Crippen LogP contribution is 2.17. The van der Waals surface area contributed by atoms with Crippen molar-refractivity contribution in [3.8, 4) is 5.75 Å². The summed E-state index contributed by atoms with van der Waals surface area (Å²) in [5.41, 5.74) is 0. The summed E-state index contributed by atoms with van der Waals surface area (Å²) < 4.78 is 6.43. The molecule has 0 fully saturated rings. The Balaban J connectivity index is 2.29. The average molecular weight is 332 g/mol. The van der Waals surface area contributed by atoms with Crippen LogP contribution >= 0.6 is 15.9 Å². The van der Waals surface area contributed by atoms with Crippen molar-refractivity contribution < 1.29 is 14.9 Å². The van der Waals surface area contributed by atoms with Gasteiger partial charge in [-0.2, -0.15) is 0 Å². The number of hydrogen-bond acceptors (Lipinski definition) is 4. The molecular formula is C14H22BrNO3. The molecule has 0 spiro atoms. The molecule has 0 aliphatic rings. The van der Waals surface area contributed by atoms with Gasteiger partial charge in [-0.1, -0.05) is 35.8 Å². The average Bonchev–Trinajstić information content (AvgIpc) is 2.37. The molecule has 0 radical (unpaired) electrons. The highest BCUT2D eigenvalue weighted by atomic mass is 79.9. The molecule has 2 atom stereocenters. The maximum Gasteiger partial charge on any atom is 0.120 e. The van der Waals surface area contributed by atoms with E-state index in [4.69, 9.17) is 9.84 Å². The molecule has 0 saturated carbocycles. The molecule has 0 aliphatic carbocycles. The van der Waals surface area contributed by atoms with Gasteiger partial charge in [-0.05, 0) is 24.1 Å². The monoisotopic (exact) mass is 331 g/mol. The largest absolute Gasteiger partial charge is 0.491 e. The lowest BCUT2D eigenvalue weighted by molar-refractivity contribution is 0.0961. The third-order valence-electron chi connectivity index (χ3n) is 2.86. The number of aliphatic hydroxyl groups excluding tert-OH is 2. The Morgan fingerprint density at radius 2 is 2.11 bits per heavy atom. The maximum atomic E-state index is 9.83. The van der Waals surface area contributed by atoms with Gasteiger partial charge >= 0.3 is 0 Å². The first kappa shape index (κ1) is 16.4. The molecule has 0 amide bonds. The molecule has 4 nitrogen and oxygen atoms in total. The molecule has 0 bridgehead atoms. The fraction of sp³-hybridized carbons (Fsp3) is 0.571. The highest BCUT2D eigenvalue weighted by Gasteiger charge is 2.13. The summed E-state index contributed by atoms with van der Waals surface area (Å²) >= 11 is 3.36. The van der Waals surface area contributed by atoms with Crippen molar-refractivity contribution in [2.75, 3.05) is 19.8 Å². The summed E-state index contributed by atoms with van der Waals surface area (Å²) in [6.45, 7) is 4.74. The van der Waals surface area contributed by atoms with Crippen molar-refractivity contribution in [3.63, 3.8) is 0 Å². The lowest BCUT2D eigenvalue weighted by atomic mass is 10.1. The molecule has 2 unspecified atom stereocenters. The Morgan fingerprint density at radius 1 is 1.37 bits per heavy atom. The second-order valence-corrected chi connectivity index (χ2v) is 5.78. The minimum Gasteiger partial charge on any atom is -0.491 e. The molecule has 0 saturated heterocycles. The quantitative estimate of drug-likeness (QED) is 0.679. The van der Waals surface area contributed by atoms with Crippen molar-refractivity contribution in [1.29, 1.82) is 0 Å². The normalized spacial score (nSPS) is 14.4. The van der Waals surface area contributed by atoms with E-state index in [0.29, 0.717) is 12.5 Å². The van der Waals surface area contributed by atoms with Crippen LogP contribution in [-0.4, -0.2) is 42.1 Å². The zero-order valence-electron chi connectivity index (χ0n) is 11.3. The molecule has 1 rings (SSSR count). The lowest BCUT2D eigenvalue weighted by Crippen LogP contribution is -2.42. The molecule has 19 heavy (non-hydrogen) atoms. The molecule has 0 aliphatic heterocycles. The Kier molecular flexibility index (Phi) is 7.38. The predicted molar refractivity (Wildman–Crippen MR) is 79.4 cm³/mol. The van der Waals surface area contributed by atoms with Crippen molar-refractivity contribution in [1.82, 2.24) is 5.32 Å². The first-order valence-electron chi connectivity index (χ1n) is 6.43. The second kappa shape index (κ2) is 8.53. The van der Waals surface area contributed by atoms with Crippen LogP contribution in [0.25, 0.3) is 0 Å². The van der Waals surface area contributed by atoms with Crippen molar-refractivity contribution in [3.05, 3.63) is 28.7 Å². The highest BCUT2D eigenvalue weighted by molar-refractivity contribution is 9.10. The van der Waals surface area contributed by atoms with E-state index in [1.54, 1.807) is 0 Å². The van der Waals surface area contributed by atoms with Gasteiger partial charge in [0, 0.05) is 17.1 Å². The van der Waals surface area contributed by atoms with Crippen LogP contribution < -0.4 is 10.1 Å². The smallest absolute Gasteiger partial charge is 0.120 e. The maximum absolute atomic E-state index is 9.83. The Hall–Kier alpha value is -0.620. The zero-order chi connectivity index (χ0) is 14.3. The van der Waals surface area contributed by atoms with Gasteiger partial charge < -0.3 is 20.3 Å². The summed E-state index contributed by atoms with van der Waals surface area (Å²) in [4.78, 5) is 0. The number of hydrogen-bond donors (Lipinski definition) is 3. The molecule has 5 heteroatoms. The van der Waals surface area contributed by atoms with Gasteiger partial charge in [0.25, 0.3) is 0 Å². The fourth-order valence-corrected chi connectivity index (χ4v) is 1.98. The molecule has 3 N–H and O–H groups in total. The zero-order valence-corrected chi connectivity index (χ0v) is 12.9. The number of benzene rings is 1. The number of halogens is 1. The molecule has 1 aromatic rings. The van der Waals surface area contributed by atoms with E-state index in [0.717, 1.165) is 10.2 Å². The van der Waals surface area contributed by atoms with Crippen LogP contribution in [-0.2, 0) is 0 Å². The molecular weight excluding hydrogens is 310 g/mol. The van der Waals surface area contributed by atoms with E-state index in [2.05, 4.69) is 21.2 Å². The van der Waals surface area contributed by atoms with Gasteiger partial charge in [0.05, 0.1) is 6.61 Å². The van der Waals surface area contributed by atoms with Crippen LogP contribution in [0.15, 0.2) is 28.7 Å². The first-order chi connectivity index (χ1) is 9.02. The SMILES string of the molecule is CC(C)C(CO)NCC(O)COc1cccc(Br)c1. The van der Waals surface area contributed by atoms with Crippen LogP contribution in [0.2, 0.25) is 0 Å². The van der Waals surface area contributed by atoms with Crippen LogP contribution in [0, 0.1) is 5.92 Å². The van der Waals surface area contributed by atoms with E-state index < -0.39 is 6.10 Å². The van der Waals surface area contributed by atoms with Crippen LogP contribution in [0.1, 0.15) is 13.8 Å². The molecule has 108 valence electrons. The van der Waals surface area contributed by atoms with Crippen molar-refractivity contribution >= 4 is 15.9 Å². The summed E-state index contributed by atoms with van der Waals surface area (Å²) in [6.07, 6.45) is -0.605. The number of rotatable bonds is 8. The van der Waals surface area contributed by atoms with Crippen molar-refractivity contribution in [2.24, 2.45) is 5.92 Å². The van der Waals surface area contributed by atoms with Crippen LogP contribution in [0.3, 0.4) is 0 Å². The molecule has 0 heterocycles. The van der Waals surface area contributed by atoms with Gasteiger partial charge in [0.1, 0.15) is 18.5 Å². The Labute approximate surface area is 122 Å². The topological polar surface area (TPSA) is 61.7 Å². The standard InChI is InChI=1S/C14H22BrNO3/c1-10(2)14(8-17)16-7-12(18)9-19-13-5-3-4-11(15)6-13/h3-6,10,12,14,16-18H,7-9H2,1-2H3. The van der Waals surface area contributed by atoms with Gasteiger partial charge in [0.2, 0.25) is 0 Å². The predicted octanol–water partition coefficient (Wildman–Crippen LogP) is 1.80. The van der Waals surface area contributed by atoms with E-state index in [-0.39, 0.29) is 19.3 Å². The number of ether oxygens (including phenoxy) is 1. The van der Waals surface area contributed by atoms with Gasteiger partial charge in [0.15, 0.2) is 0 Å². The van der Waals surface area contributed by atoms with Crippen molar-refractivity contribution in [2.45, 2.75) is 26.0 Å². The minimum atomic E-state index is -0.605. The summed E-state index contributed by atoms with van der Waals surface area (Å²) in [5.74, 6) is 1.04. The summed E-state index contributed by atoms with van der Waals surface area (Å²) in [6, 6.07) is 7.49. The Morgan fingerprint density at radius 3 is 2.68 bits per heavy atom. The Bertz CT molecular complexity index is 373. The van der Waals surface area contributed by atoms with E-state index in [1.165, 1.54) is 0 Å². The van der Waals surface area contributed by atoms with E-state index >= 15 is 0 Å². The third-order valence-corrected chi connectivity index (χ3v) is 3.35. The molecule has 0 aromatic heterocycles. The minimum absolute atomic E-state index is 0.000481. The van der Waals surface area contributed by atoms with Gasteiger partial charge in [-0.25, -0.2) is 0 Å². The number of nitrogens with one attached hydrogen (secondary N) is 1. The van der Waals surface area contributed by atoms with Crippen LogP contribution in [0.5, 0.6) is 5.75 Å². The first-order valence-corrected chi connectivity index (χ1v) is 7.23. The second-order valence-electron chi connectivity index (χ2n) is 4.86. The third kappa shape index (κ3) is 6.38. The van der Waals surface area contributed by atoms with Crippen LogP contribution in [0.4, 0.5) is 0 Å². The van der Waals surface area contributed by atoms with E-state index in [9.17, 15) is 5.11 Å². The summed E-state index contributed by atoms with van der Waals surface area (Å²) in [7, 11) is 0. The number of aliphatic hydroxyl groups is 2. The lowest BCUT2D eigenvalue weighted by Gasteiger charge is -2.22. The molecule has 1 aromatic carbocycles. The van der Waals surface area contributed by atoms with Gasteiger partial charge in [-0.3, -0.25) is 0 Å². The van der Waals surface area contributed by atoms with E-state index in [1.807, 2.05) is 38.1 Å². The summed E-state index contributed by atoms with van der Waals surface area (Å²) in [5, 5.41) is 22.1.